The standard InChI is InChI=1S/C11H15N3O3/c15-10(7-14-6-2-5-12-14)13-9-4-1-3-8(9)11(16)17/h2,5-6,8-9H,1,3-4,7H2,(H,13,15)(H,16,17). The monoisotopic (exact) mass is 237 g/mol. The number of nitrogens with one attached hydrogen (secondary N) is 1. The molecule has 1 saturated carbocycles. The number of amides is 1. The molecule has 0 aromatic carbocycles. The van der Waals surface area contributed by atoms with Crippen molar-refractivity contribution in [1.82, 2.24) is 15.1 Å². The molecule has 0 spiro atoms. The molecule has 0 radical (unpaired) electrons. The molecule has 2 N–H and O–H groups in total. The molecule has 1 fully saturated rings. The average molecular weight is 237 g/mol. The van der Waals surface area contributed by atoms with Crippen molar-refractivity contribution in [2.45, 2.75) is 31.8 Å². The number of carboxylic acids is 1. The number of aliphatic carboxylic acids is 1. The van der Waals surface area contributed by atoms with Gasteiger partial charge in [-0.15, -0.1) is 0 Å². The molecule has 0 bridgehead atoms. The van der Waals surface area contributed by atoms with Gasteiger partial charge in [0.25, 0.3) is 0 Å². The van der Waals surface area contributed by atoms with E-state index in [-0.39, 0.29) is 18.5 Å². The van der Waals surface area contributed by atoms with Gasteiger partial charge in [0, 0.05) is 18.4 Å². The van der Waals surface area contributed by atoms with E-state index in [4.69, 9.17) is 5.11 Å². The quantitative estimate of drug-likeness (QED) is 0.786. The molecule has 1 amide bonds. The summed E-state index contributed by atoms with van der Waals surface area (Å²) in [7, 11) is 0. The lowest BCUT2D eigenvalue weighted by atomic mass is 10.0. The summed E-state index contributed by atoms with van der Waals surface area (Å²) in [6.07, 6.45) is 5.53. The lowest BCUT2D eigenvalue weighted by Gasteiger charge is -2.17. The maximum Gasteiger partial charge on any atom is 0.308 e. The maximum absolute atomic E-state index is 11.7. The average Bonchev–Trinajstić information content (AvgIpc) is 2.88. The van der Waals surface area contributed by atoms with Crippen LogP contribution >= 0.6 is 0 Å². The molecule has 1 heterocycles. The number of hydrogen-bond acceptors (Lipinski definition) is 3. The van der Waals surface area contributed by atoms with E-state index >= 15 is 0 Å². The van der Waals surface area contributed by atoms with Gasteiger partial charge >= 0.3 is 5.97 Å². The van der Waals surface area contributed by atoms with Gasteiger partial charge in [-0.25, -0.2) is 0 Å². The highest BCUT2D eigenvalue weighted by molar-refractivity contribution is 5.78. The first kappa shape index (κ1) is 11.6. The number of carbonyl (C=O) groups is 2. The van der Waals surface area contributed by atoms with Crippen LogP contribution in [0.2, 0.25) is 0 Å². The summed E-state index contributed by atoms with van der Waals surface area (Å²) in [5.74, 6) is -1.46. The zero-order valence-corrected chi connectivity index (χ0v) is 9.37. The van der Waals surface area contributed by atoms with E-state index in [1.165, 1.54) is 4.68 Å². The zero-order valence-electron chi connectivity index (χ0n) is 9.37. The molecule has 2 unspecified atom stereocenters. The van der Waals surface area contributed by atoms with E-state index < -0.39 is 11.9 Å². The van der Waals surface area contributed by atoms with Gasteiger partial charge in [0.1, 0.15) is 6.54 Å². The Bertz CT molecular complexity index is 402. The van der Waals surface area contributed by atoms with Crippen molar-refractivity contribution in [3.05, 3.63) is 18.5 Å². The van der Waals surface area contributed by atoms with Crippen LogP contribution in [0.5, 0.6) is 0 Å². The molecule has 6 nitrogen and oxygen atoms in total. The predicted octanol–water partition coefficient (Wildman–Crippen LogP) is 0.253. The molecule has 2 atom stereocenters. The molecule has 2 rings (SSSR count). The minimum Gasteiger partial charge on any atom is -0.481 e. The summed E-state index contributed by atoms with van der Waals surface area (Å²) in [6.45, 7) is 0.135. The first-order valence-electron chi connectivity index (χ1n) is 5.66. The van der Waals surface area contributed by atoms with Crippen molar-refractivity contribution >= 4 is 11.9 Å². The second-order valence-corrected chi connectivity index (χ2v) is 4.25. The topological polar surface area (TPSA) is 84.2 Å². The van der Waals surface area contributed by atoms with Crippen LogP contribution in [0.3, 0.4) is 0 Å². The van der Waals surface area contributed by atoms with E-state index in [2.05, 4.69) is 10.4 Å². The van der Waals surface area contributed by atoms with Gasteiger partial charge < -0.3 is 10.4 Å². The van der Waals surface area contributed by atoms with Gasteiger partial charge in [0.2, 0.25) is 5.91 Å². The number of carbonyl (C=O) groups excluding carboxylic acids is 1. The van der Waals surface area contributed by atoms with E-state index in [1.807, 2.05) is 0 Å². The summed E-state index contributed by atoms with van der Waals surface area (Å²) in [6, 6.07) is 1.50. The third-order valence-corrected chi connectivity index (χ3v) is 3.04. The summed E-state index contributed by atoms with van der Waals surface area (Å²) in [5.41, 5.74) is 0. The Labute approximate surface area is 98.6 Å². The second kappa shape index (κ2) is 4.99. The largest absolute Gasteiger partial charge is 0.481 e. The normalized spacial score (nSPS) is 23.5. The van der Waals surface area contributed by atoms with Crippen LogP contribution in [0.1, 0.15) is 19.3 Å². The van der Waals surface area contributed by atoms with Crippen LogP contribution in [-0.4, -0.2) is 32.8 Å². The fourth-order valence-corrected chi connectivity index (χ4v) is 2.22. The molecule has 1 aromatic rings. The van der Waals surface area contributed by atoms with Crippen molar-refractivity contribution in [3.63, 3.8) is 0 Å². The maximum atomic E-state index is 11.7. The van der Waals surface area contributed by atoms with Crippen LogP contribution in [0, 0.1) is 5.92 Å². The third-order valence-electron chi connectivity index (χ3n) is 3.04. The first-order chi connectivity index (χ1) is 8.16. The van der Waals surface area contributed by atoms with Gasteiger partial charge in [0.05, 0.1) is 5.92 Å². The van der Waals surface area contributed by atoms with Crippen molar-refractivity contribution in [3.8, 4) is 0 Å². The van der Waals surface area contributed by atoms with Crippen molar-refractivity contribution in [2.24, 2.45) is 5.92 Å². The highest BCUT2D eigenvalue weighted by Gasteiger charge is 2.33. The van der Waals surface area contributed by atoms with Gasteiger partial charge in [0.15, 0.2) is 0 Å². The van der Waals surface area contributed by atoms with E-state index in [0.717, 1.165) is 12.8 Å². The Hall–Kier alpha value is -1.85. The molecule has 1 aromatic heterocycles. The number of hydrogen-bond donors (Lipinski definition) is 2. The number of nitrogens with zero attached hydrogens (tertiary/aromatic N) is 2. The number of carboxylic acid groups (broad SMARTS) is 1. The Morgan fingerprint density at radius 3 is 2.94 bits per heavy atom. The van der Waals surface area contributed by atoms with Crippen LogP contribution in [0.4, 0.5) is 0 Å². The molecule has 6 heteroatoms. The zero-order chi connectivity index (χ0) is 12.3. The smallest absolute Gasteiger partial charge is 0.308 e. The van der Waals surface area contributed by atoms with Gasteiger partial charge in [-0.2, -0.15) is 5.10 Å². The molecule has 0 aliphatic heterocycles. The van der Waals surface area contributed by atoms with Gasteiger partial charge in [-0.1, -0.05) is 6.42 Å². The highest BCUT2D eigenvalue weighted by atomic mass is 16.4. The van der Waals surface area contributed by atoms with Crippen molar-refractivity contribution in [1.29, 1.82) is 0 Å². The lowest BCUT2D eigenvalue weighted by Crippen LogP contribution is -2.41. The minimum absolute atomic E-state index is 0.135. The van der Waals surface area contributed by atoms with Crippen molar-refractivity contribution < 1.29 is 14.7 Å². The molecule has 1 aliphatic carbocycles. The predicted molar refractivity (Wildman–Crippen MR) is 59.1 cm³/mol. The summed E-state index contributed by atoms with van der Waals surface area (Å²) >= 11 is 0. The van der Waals surface area contributed by atoms with Gasteiger partial charge in [-0.05, 0) is 18.9 Å². The fourth-order valence-electron chi connectivity index (χ4n) is 2.22. The Morgan fingerprint density at radius 2 is 2.29 bits per heavy atom. The summed E-state index contributed by atoms with van der Waals surface area (Å²) in [5, 5.41) is 15.7. The van der Waals surface area contributed by atoms with Crippen LogP contribution in [-0.2, 0) is 16.1 Å². The molecule has 0 saturated heterocycles. The second-order valence-electron chi connectivity index (χ2n) is 4.25. The molecular weight excluding hydrogens is 222 g/mol. The Morgan fingerprint density at radius 1 is 1.47 bits per heavy atom. The van der Waals surface area contributed by atoms with E-state index in [9.17, 15) is 9.59 Å². The summed E-state index contributed by atoms with van der Waals surface area (Å²) in [4.78, 5) is 22.6. The van der Waals surface area contributed by atoms with Crippen molar-refractivity contribution in [2.75, 3.05) is 0 Å². The first-order valence-corrected chi connectivity index (χ1v) is 5.66. The molecule has 1 aliphatic rings. The molecule has 17 heavy (non-hydrogen) atoms. The minimum atomic E-state index is -0.827. The van der Waals surface area contributed by atoms with E-state index in [1.54, 1.807) is 18.5 Å². The highest BCUT2D eigenvalue weighted by Crippen LogP contribution is 2.25. The summed E-state index contributed by atoms with van der Waals surface area (Å²) < 4.78 is 1.51. The fraction of sp³-hybridized carbons (Fsp3) is 0.545. The Kier molecular flexibility index (Phi) is 3.41. The SMILES string of the molecule is O=C(Cn1cccn1)NC1CCCC1C(=O)O. The molecular formula is C11H15N3O3. The Balaban J connectivity index is 1.88. The lowest BCUT2D eigenvalue weighted by molar-refractivity contribution is -0.142. The number of rotatable bonds is 4. The van der Waals surface area contributed by atoms with E-state index in [0.29, 0.717) is 6.42 Å². The van der Waals surface area contributed by atoms with Crippen LogP contribution in [0.25, 0.3) is 0 Å². The third kappa shape index (κ3) is 2.83. The number of aromatic nitrogens is 2. The van der Waals surface area contributed by atoms with Gasteiger partial charge in [-0.3, -0.25) is 14.3 Å². The van der Waals surface area contributed by atoms with Crippen LogP contribution in [0.15, 0.2) is 18.5 Å². The molecule has 92 valence electrons. The van der Waals surface area contributed by atoms with Crippen LogP contribution < -0.4 is 5.32 Å².